The number of hydrogen-bond donors (Lipinski definition) is 0. The van der Waals surface area contributed by atoms with E-state index in [9.17, 15) is 0 Å². The largest absolute Gasteiger partial charge is 0.376 e. The molecule has 0 aromatic heterocycles. The van der Waals surface area contributed by atoms with E-state index in [1.54, 1.807) is 0 Å². The molecule has 0 spiro atoms. The second-order valence-electron chi connectivity index (χ2n) is 4.96. The summed E-state index contributed by atoms with van der Waals surface area (Å²) in [4.78, 5) is 0.746. The van der Waals surface area contributed by atoms with Crippen LogP contribution in [0.2, 0.25) is 0 Å². The summed E-state index contributed by atoms with van der Waals surface area (Å²) in [6.07, 6.45) is 5.33. The topological polar surface area (TPSA) is 9.23 Å². The highest BCUT2D eigenvalue weighted by molar-refractivity contribution is 9.09. The summed E-state index contributed by atoms with van der Waals surface area (Å²) in [5.74, 6) is 0.849. The summed E-state index contributed by atoms with van der Waals surface area (Å²) in [5.41, 5.74) is 0.0282. The molecule has 1 aliphatic carbocycles. The van der Waals surface area contributed by atoms with Gasteiger partial charge in [-0.2, -0.15) is 0 Å². The summed E-state index contributed by atoms with van der Waals surface area (Å²) >= 11 is 3.73. The number of halogens is 1. The summed E-state index contributed by atoms with van der Waals surface area (Å²) in [5, 5.41) is 0. The summed E-state index contributed by atoms with van der Waals surface area (Å²) in [6.45, 7) is 7.27. The SMILES string of the molecule is CC(C)(C)OCCC1CCCC1Br. The molecule has 0 bridgehead atoms. The van der Waals surface area contributed by atoms with E-state index in [1.807, 2.05) is 0 Å². The zero-order chi connectivity index (χ0) is 9.90. The summed E-state index contributed by atoms with van der Waals surface area (Å²) in [7, 11) is 0. The maximum absolute atomic E-state index is 5.72. The Morgan fingerprint density at radius 3 is 2.46 bits per heavy atom. The first-order valence-corrected chi connectivity index (χ1v) is 6.18. The number of ether oxygens (including phenoxy) is 1. The molecule has 2 heteroatoms. The Labute approximate surface area is 90.4 Å². The van der Waals surface area contributed by atoms with Gasteiger partial charge in [0.15, 0.2) is 0 Å². The molecular formula is C11H21BrO. The first-order chi connectivity index (χ1) is 5.99. The third-order valence-electron chi connectivity index (χ3n) is 2.59. The first kappa shape index (κ1) is 11.5. The number of hydrogen-bond acceptors (Lipinski definition) is 1. The van der Waals surface area contributed by atoms with Gasteiger partial charge >= 0.3 is 0 Å². The van der Waals surface area contributed by atoms with Crippen molar-refractivity contribution >= 4 is 15.9 Å². The Hall–Kier alpha value is 0.440. The van der Waals surface area contributed by atoms with Crippen LogP contribution < -0.4 is 0 Å². The van der Waals surface area contributed by atoms with E-state index in [4.69, 9.17) is 4.74 Å². The molecule has 0 amide bonds. The predicted octanol–water partition coefficient (Wildman–Crippen LogP) is 3.76. The fourth-order valence-corrected chi connectivity index (χ4v) is 2.69. The quantitative estimate of drug-likeness (QED) is 0.692. The van der Waals surface area contributed by atoms with Crippen molar-refractivity contribution in [2.45, 2.75) is 56.9 Å². The lowest BCUT2D eigenvalue weighted by Crippen LogP contribution is -2.21. The van der Waals surface area contributed by atoms with Gasteiger partial charge in [0.25, 0.3) is 0 Å². The molecule has 13 heavy (non-hydrogen) atoms. The Balaban J connectivity index is 2.12. The van der Waals surface area contributed by atoms with Crippen molar-refractivity contribution in [3.05, 3.63) is 0 Å². The second kappa shape index (κ2) is 4.79. The normalized spacial score (nSPS) is 29.5. The van der Waals surface area contributed by atoms with E-state index in [0.717, 1.165) is 17.4 Å². The van der Waals surface area contributed by atoms with Gasteiger partial charge in [-0.1, -0.05) is 22.4 Å². The maximum atomic E-state index is 5.72. The molecule has 0 radical (unpaired) electrons. The van der Waals surface area contributed by atoms with E-state index >= 15 is 0 Å². The van der Waals surface area contributed by atoms with Crippen molar-refractivity contribution in [2.75, 3.05) is 6.61 Å². The van der Waals surface area contributed by atoms with Crippen molar-refractivity contribution in [1.82, 2.24) is 0 Å². The van der Waals surface area contributed by atoms with Crippen LogP contribution >= 0.6 is 15.9 Å². The fourth-order valence-electron chi connectivity index (χ4n) is 1.83. The monoisotopic (exact) mass is 248 g/mol. The van der Waals surface area contributed by atoms with E-state index < -0.39 is 0 Å². The standard InChI is InChI=1S/C11H21BrO/c1-11(2,3)13-8-7-9-5-4-6-10(9)12/h9-10H,4-8H2,1-3H3. The first-order valence-electron chi connectivity index (χ1n) is 5.27. The van der Waals surface area contributed by atoms with Gasteiger partial charge in [-0.05, 0) is 46.0 Å². The van der Waals surface area contributed by atoms with Crippen molar-refractivity contribution in [3.63, 3.8) is 0 Å². The summed E-state index contributed by atoms with van der Waals surface area (Å²) in [6, 6.07) is 0. The van der Waals surface area contributed by atoms with Crippen LogP contribution in [0.4, 0.5) is 0 Å². The van der Waals surface area contributed by atoms with Crippen LogP contribution in [0.5, 0.6) is 0 Å². The Morgan fingerprint density at radius 2 is 2.00 bits per heavy atom. The second-order valence-corrected chi connectivity index (χ2v) is 6.13. The van der Waals surface area contributed by atoms with Gasteiger partial charge in [0.05, 0.1) is 5.60 Å². The van der Waals surface area contributed by atoms with Crippen molar-refractivity contribution in [1.29, 1.82) is 0 Å². The van der Waals surface area contributed by atoms with E-state index in [0.29, 0.717) is 0 Å². The lowest BCUT2D eigenvalue weighted by Gasteiger charge is -2.21. The molecule has 1 nitrogen and oxygen atoms in total. The molecule has 1 saturated carbocycles. The van der Waals surface area contributed by atoms with Crippen LogP contribution in [0, 0.1) is 5.92 Å². The number of rotatable bonds is 3. The molecule has 78 valence electrons. The van der Waals surface area contributed by atoms with E-state index in [-0.39, 0.29) is 5.60 Å². The molecule has 0 aromatic rings. The molecule has 1 fully saturated rings. The average molecular weight is 249 g/mol. The van der Waals surface area contributed by atoms with Crippen molar-refractivity contribution < 1.29 is 4.74 Å². The lowest BCUT2D eigenvalue weighted by molar-refractivity contribution is -0.00868. The van der Waals surface area contributed by atoms with Crippen LogP contribution in [0.3, 0.4) is 0 Å². The minimum Gasteiger partial charge on any atom is -0.376 e. The van der Waals surface area contributed by atoms with Gasteiger partial charge in [0, 0.05) is 11.4 Å². The van der Waals surface area contributed by atoms with Crippen molar-refractivity contribution in [2.24, 2.45) is 5.92 Å². The highest BCUT2D eigenvalue weighted by atomic mass is 79.9. The molecule has 2 unspecified atom stereocenters. The van der Waals surface area contributed by atoms with Gasteiger partial charge < -0.3 is 4.74 Å². The zero-order valence-electron chi connectivity index (χ0n) is 8.98. The Kier molecular flexibility index (Phi) is 4.24. The van der Waals surface area contributed by atoms with E-state index in [1.165, 1.54) is 25.7 Å². The highest BCUT2D eigenvalue weighted by Crippen LogP contribution is 2.33. The molecule has 1 rings (SSSR count). The van der Waals surface area contributed by atoms with Gasteiger partial charge in [-0.3, -0.25) is 0 Å². The third kappa shape index (κ3) is 4.46. The van der Waals surface area contributed by atoms with Crippen LogP contribution in [0.15, 0.2) is 0 Å². The molecular weight excluding hydrogens is 228 g/mol. The molecule has 0 aromatic carbocycles. The van der Waals surface area contributed by atoms with Crippen LogP contribution in [-0.2, 0) is 4.74 Å². The Bertz CT molecular complexity index is 151. The van der Waals surface area contributed by atoms with Gasteiger partial charge in [-0.15, -0.1) is 0 Å². The summed E-state index contributed by atoms with van der Waals surface area (Å²) < 4.78 is 5.72. The fraction of sp³-hybridized carbons (Fsp3) is 1.00. The third-order valence-corrected chi connectivity index (χ3v) is 3.80. The zero-order valence-corrected chi connectivity index (χ0v) is 10.6. The minimum atomic E-state index is 0.0282. The van der Waals surface area contributed by atoms with Gasteiger partial charge in [0.1, 0.15) is 0 Å². The molecule has 1 aliphatic rings. The molecule has 2 atom stereocenters. The molecule has 0 saturated heterocycles. The lowest BCUT2D eigenvalue weighted by atomic mass is 10.0. The predicted molar refractivity (Wildman–Crippen MR) is 60.4 cm³/mol. The smallest absolute Gasteiger partial charge is 0.0598 e. The van der Waals surface area contributed by atoms with Crippen LogP contribution in [0.25, 0.3) is 0 Å². The Morgan fingerprint density at radius 1 is 1.31 bits per heavy atom. The maximum Gasteiger partial charge on any atom is 0.0598 e. The number of alkyl halides is 1. The average Bonchev–Trinajstić information content (AvgIpc) is 2.34. The molecule has 0 aliphatic heterocycles. The molecule has 0 heterocycles. The van der Waals surface area contributed by atoms with Gasteiger partial charge in [-0.25, -0.2) is 0 Å². The van der Waals surface area contributed by atoms with Crippen LogP contribution in [0.1, 0.15) is 46.5 Å². The highest BCUT2D eigenvalue weighted by Gasteiger charge is 2.24. The van der Waals surface area contributed by atoms with Crippen LogP contribution in [-0.4, -0.2) is 17.0 Å². The minimum absolute atomic E-state index is 0.0282. The van der Waals surface area contributed by atoms with E-state index in [2.05, 4.69) is 36.7 Å². The van der Waals surface area contributed by atoms with Gasteiger partial charge in [0.2, 0.25) is 0 Å². The molecule has 0 N–H and O–H groups in total. The van der Waals surface area contributed by atoms with Crippen molar-refractivity contribution in [3.8, 4) is 0 Å².